The fourth-order valence-electron chi connectivity index (χ4n) is 1.34. The van der Waals surface area contributed by atoms with Gasteiger partial charge in [-0.25, -0.2) is 0 Å². The minimum Gasteiger partial charge on any atom is -0.399 e. The first kappa shape index (κ1) is 13.1. The zero-order valence-corrected chi connectivity index (χ0v) is 12.6. The van der Waals surface area contributed by atoms with Gasteiger partial charge < -0.3 is 5.73 Å². The van der Waals surface area contributed by atoms with E-state index in [4.69, 9.17) is 17.3 Å². The maximum Gasteiger partial charge on any atom is 0.0627 e. The van der Waals surface area contributed by atoms with Gasteiger partial charge in [-0.15, -0.1) is 11.3 Å². The molecule has 1 aromatic heterocycles. The second-order valence-electron chi connectivity index (χ2n) is 3.41. The second kappa shape index (κ2) is 5.52. The Balaban J connectivity index is 2.20. The van der Waals surface area contributed by atoms with Gasteiger partial charge >= 0.3 is 0 Å². The van der Waals surface area contributed by atoms with Crippen molar-refractivity contribution in [3.63, 3.8) is 0 Å². The van der Waals surface area contributed by atoms with Crippen LogP contribution in [0.5, 0.6) is 0 Å². The third-order valence-electron chi connectivity index (χ3n) is 2.10. The highest BCUT2D eigenvalue weighted by atomic mass is 79.9. The number of nitrogens with two attached hydrogens (primary N) is 1. The molecule has 0 aliphatic carbocycles. The summed E-state index contributed by atoms with van der Waals surface area (Å²) in [5.74, 6) is 0.472. The van der Waals surface area contributed by atoms with Crippen LogP contribution in [0.1, 0.15) is 4.88 Å². The summed E-state index contributed by atoms with van der Waals surface area (Å²) < 4.78 is 13.1. The van der Waals surface area contributed by atoms with Gasteiger partial charge in [-0.1, -0.05) is 11.6 Å². The van der Waals surface area contributed by atoms with E-state index in [0.717, 1.165) is 9.35 Å². The molecule has 0 amide bonds. The molecule has 1 heterocycles. The summed E-state index contributed by atoms with van der Waals surface area (Å²) >= 11 is 11.0. The summed E-state index contributed by atoms with van der Waals surface area (Å²) in [5, 5.41) is 2.43. The highest BCUT2D eigenvalue weighted by Gasteiger charge is 2.11. The molecule has 0 aliphatic rings. The van der Waals surface area contributed by atoms with Gasteiger partial charge in [-0.3, -0.25) is 4.21 Å². The van der Waals surface area contributed by atoms with Gasteiger partial charge in [0.15, 0.2) is 0 Å². The lowest BCUT2D eigenvalue weighted by Gasteiger charge is -2.04. The second-order valence-corrected chi connectivity index (χ2v) is 7.15. The molecule has 0 spiro atoms. The van der Waals surface area contributed by atoms with E-state index < -0.39 is 10.8 Å². The van der Waals surface area contributed by atoms with E-state index in [9.17, 15) is 4.21 Å². The van der Waals surface area contributed by atoms with Crippen LogP contribution in [0.4, 0.5) is 5.69 Å². The summed E-state index contributed by atoms with van der Waals surface area (Å²) in [6.07, 6.45) is 0. The van der Waals surface area contributed by atoms with E-state index in [1.807, 2.05) is 11.4 Å². The summed E-state index contributed by atoms with van der Waals surface area (Å²) in [4.78, 5) is 1.69. The SMILES string of the molecule is Nc1ccc(S(=O)Cc2cc(Br)cs2)c(Cl)c1. The van der Waals surface area contributed by atoms with Gasteiger partial charge in [0.2, 0.25) is 0 Å². The minimum absolute atomic E-state index is 0.457. The summed E-state index contributed by atoms with van der Waals surface area (Å²) in [6, 6.07) is 7.02. The maximum atomic E-state index is 12.1. The van der Waals surface area contributed by atoms with Crippen molar-refractivity contribution in [1.29, 1.82) is 0 Å². The molecule has 0 bridgehead atoms. The third kappa shape index (κ3) is 3.31. The number of hydrogen-bond donors (Lipinski definition) is 1. The zero-order valence-electron chi connectivity index (χ0n) is 8.65. The predicted molar refractivity (Wildman–Crippen MR) is 78.0 cm³/mol. The van der Waals surface area contributed by atoms with Gasteiger partial charge in [0.05, 0.1) is 26.5 Å². The van der Waals surface area contributed by atoms with Crippen LogP contribution in [-0.2, 0) is 16.6 Å². The van der Waals surface area contributed by atoms with Gasteiger partial charge in [0, 0.05) is 20.4 Å². The van der Waals surface area contributed by atoms with Crippen molar-refractivity contribution in [2.45, 2.75) is 10.6 Å². The summed E-state index contributed by atoms with van der Waals surface area (Å²) in [7, 11) is -1.14. The maximum absolute atomic E-state index is 12.1. The quantitative estimate of drug-likeness (QED) is 0.848. The zero-order chi connectivity index (χ0) is 12.4. The van der Waals surface area contributed by atoms with E-state index in [1.54, 1.807) is 29.5 Å². The topological polar surface area (TPSA) is 43.1 Å². The Hall–Kier alpha value is -0.360. The van der Waals surface area contributed by atoms with Crippen LogP contribution in [0.25, 0.3) is 0 Å². The van der Waals surface area contributed by atoms with E-state index in [1.165, 1.54) is 0 Å². The Labute approximate surface area is 119 Å². The largest absolute Gasteiger partial charge is 0.399 e. The lowest BCUT2D eigenvalue weighted by molar-refractivity contribution is 0.683. The molecular formula is C11H9BrClNOS2. The molecule has 0 radical (unpaired) electrons. The molecule has 0 saturated carbocycles. The van der Waals surface area contributed by atoms with Crippen molar-refractivity contribution in [3.8, 4) is 0 Å². The molecular weight excluding hydrogens is 342 g/mol. The van der Waals surface area contributed by atoms with Gasteiger partial charge in [0.1, 0.15) is 0 Å². The average molecular weight is 351 g/mol. The first-order chi connectivity index (χ1) is 8.06. The van der Waals surface area contributed by atoms with Crippen LogP contribution in [-0.4, -0.2) is 4.21 Å². The molecule has 0 fully saturated rings. The van der Waals surface area contributed by atoms with Crippen molar-refractivity contribution in [3.05, 3.63) is 44.0 Å². The lowest BCUT2D eigenvalue weighted by atomic mass is 10.3. The minimum atomic E-state index is -1.14. The third-order valence-corrected chi connectivity index (χ3v) is 5.82. The van der Waals surface area contributed by atoms with Crippen molar-refractivity contribution >= 4 is 55.4 Å². The molecule has 6 heteroatoms. The first-order valence-electron chi connectivity index (χ1n) is 4.72. The number of nitrogen functional groups attached to an aromatic ring is 1. The average Bonchev–Trinajstić information content (AvgIpc) is 2.63. The Kier molecular flexibility index (Phi) is 4.25. The molecule has 1 aromatic carbocycles. The Morgan fingerprint density at radius 1 is 1.41 bits per heavy atom. The Bertz CT molecular complexity index is 570. The lowest BCUT2D eigenvalue weighted by Crippen LogP contribution is -1.96. The van der Waals surface area contributed by atoms with Crippen molar-refractivity contribution < 1.29 is 4.21 Å². The van der Waals surface area contributed by atoms with Crippen LogP contribution in [0.3, 0.4) is 0 Å². The number of thiophene rings is 1. The molecule has 2 N–H and O–H groups in total. The standard InChI is InChI=1S/C11H9BrClNOS2/c12-7-3-9(16-5-7)6-17(15)11-2-1-8(14)4-10(11)13/h1-5H,6,14H2. The Morgan fingerprint density at radius 3 is 2.76 bits per heavy atom. The van der Waals surface area contributed by atoms with Gasteiger partial charge in [-0.2, -0.15) is 0 Å². The molecule has 2 aromatic rings. The summed E-state index contributed by atoms with van der Waals surface area (Å²) in [5.41, 5.74) is 6.17. The molecule has 1 unspecified atom stereocenters. The monoisotopic (exact) mass is 349 g/mol. The van der Waals surface area contributed by atoms with Crippen LogP contribution in [0.15, 0.2) is 39.0 Å². The molecule has 2 rings (SSSR count). The number of benzene rings is 1. The fraction of sp³-hybridized carbons (Fsp3) is 0.0909. The number of halogens is 2. The van der Waals surface area contributed by atoms with E-state index in [-0.39, 0.29) is 0 Å². The first-order valence-corrected chi connectivity index (χ1v) is 8.09. The van der Waals surface area contributed by atoms with Crippen molar-refractivity contribution in [2.24, 2.45) is 0 Å². The normalized spacial score (nSPS) is 12.6. The molecule has 0 aliphatic heterocycles. The molecule has 17 heavy (non-hydrogen) atoms. The van der Waals surface area contributed by atoms with Crippen molar-refractivity contribution in [1.82, 2.24) is 0 Å². The number of hydrogen-bond acceptors (Lipinski definition) is 3. The number of anilines is 1. The van der Waals surface area contributed by atoms with Crippen LogP contribution >= 0.6 is 38.9 Å². The molecule has 90 valence electrons. The van der Waals surface area contributed by atoms with Crippen LogP contribution in [0, 0.1) is 0 Å². The predicted octanol–water partition coefficient (Wildman–Crippen LogP) is 4.05. The van der Waals surface area contributed by atoms with Crippen LogP contribution < -0.4 is 5.73 Å². The van der Waals surface area contributed by atoms with E-state index >= 15 is 0 Å². The summed E-state index contributed by atoms with van der Waals surface area (Å²) in [6.45, 7) is 0. The molecule has 0 saturated heterocycles. The highest BCUT2D eigenvalue weighted by Crippen LogP contribution is 2.27. The van der Waals surface area contributed by atoms with Crippen LogP contribution in [0.2, 0.25) is 5.02 Å². The number of rotatable bonds is 3. The van der Waals surface area contributed by atoms with Gasteiger partial charge in [0.25, 0.3) is 0 Å². The van der Waals surface area contributed by atoms with E-state index in [2.05, 4.69) is 15.9 Å². The van der Waals surface area contributed by atoms with Gasteiger partial charge in [-0.05, 0) is 40.2 Å². The molecule has 1 atom stereocenters. The smallest absolute Gasteiger partial charge is 0.0627 e. The fourth-order valence-corrected chi connectivity index (χ4v) is 4.61. The Morgan fingerprint density at radius 2 is 2.18 bits per heavy atom. The van der Waals surface area contributed by atoms with E-state index in [0.29, 0.717) is 21.4 Å². The highest BCUT2D eigenvalue weighted by molar-refractivity contribution is 9.10. The molecule has 2 nitrogen and oxygen atoms in total. The van der Waals surface area contributed by atoms with Crippen molar-refractivity contribution in [2.75, 3.05) is 5.73 Å².